The summed E-state index contributed by atoms with van der Waals surface area (Å²) in [6.45, 7) is 0.145. The van der Waals surface area contributed by atoms with Crippen LogP contribution < -0.4 is 5.32 Å². The summed E-state index contributed by atoms with van der Waals surface area (Å²) in [5, 5.41) is 1.40. The Morgan fingerprint density at radius 1 is 1.10 bits per heavy atom. The first kappa shape index (κ1) is 21.8. The van der Waals surface area contributed by atoms with Crippen LogP contribution in [0.4, 0.5) is 18.9 Å². The molecular weight excluding hydrogens is 423 g/mol. The molecule has 1 fully saturated rings. The van der Waals surface area contributed by atoms with Crippen LogP contribution in [0.25, 0.3) is 0 Å². The van der Waals surface area contributed by atoms with Gasteiger partial charge in [-0.2, -0.15) is 13.2 Å². The van der Waals surface area contributed by atoms with Crippen LogP contribution in [0.1, 0.15) is 23.2 Å². The van der Waals surface area contributed by atoms with Gasteiger partial charge in [0.15, 0.2) is 5.03 Å². The summed E-state index contributed by atoms with van der Waals surface area (Å²) in [7, 11) is -5.80. The van der Waals surface area contributed by atoms with Crippen LogP contribution in [0.3, 0.4) is 0 Å². The van der Waals surface area contributed by atoms with Gasteiger partial charge in [-0.15, -0.1) is 0 Å². The van der Waals surface area contributed by atoms with Gasteiger partial charge >= 0.3 is 5.51 Å². The maximum atomic E-state index is 13.0. The van der Waals surface area contributed by atoms with Crippen molar-refractivity contribution in [2.24, 2.45) is 5.92 Å². The van der Waals surface area contributed by atoms with Crippen LogP contribution in [0.2, 0.25) is 0 Å². The van der Waals surface area contributed by atoms with Gasteiger partial charge in [0.1, 0.15) is 0 Å². The Labute approximate surface area is 170 Å². The van der Waals surface area contributed by atoms with Crippen molar-refractivity contribution >= 4 is 27.3 Å². The Bertz CT molecular complexity index is 1040. The average Bonchev–Trinajstić information content (AvgIpc) is 2.73. The molecule has 0 spiro atoms. The second kappa shape index (κ2) is 8.42. The van der Waals surface area contributed by atoms with E-state index in [1.165, 1.54) is 11.0 Å². The highest BCUT2D eigenvalue weighted by Gasteiger charge is 2.50. The number of halogens is 3. The van der Waals surface area contributed by atoms with Crippen LogP contribution in [0, 0.1) is 5.92 Å². The summed E-state index contributed by atoms with van der Waals surface area (Å²) in [6.07, 6.45) is 1.81. The van der Waals surface area contributed by atoms with Crippen molar-refractivity contribution in [2.45, 2.75) is 23.4 Å². The van der Waals surface area contributed by atoms with E-state index in [0.29, 0.717) is 18.5 Å². The maximum Gasteiger partial charge on any atom is 0.503 e. The quantitative estimate of drug-likeness (QED) is 0.787. The van der Waals surface area contributed by atoms with Crippen LogP contribution in [0.5, 0.6) is 0 Å². The molecule has 2 aromatic rings. The number of likely N-dealkylation sites (tertiary alicyclic amines) is 1. The zero-order chi connectivity index (χ0) is 21.9. The van der Waals surface area contributed by atoms with Gasteiger partial charge in [-0.05, 0) is 37.1 Å². The van der Waals surface area contributed by atoms with Crippen LogP contribution in [-0.4, -0.2) is 48.7 Å². The van der Waals surface area contributed by atoms with Gasteiger partial charge in [-0.25, -0.2) is 13.4 Å². The summed E-state index contributed by atoms with van der Waals surface area (Å²) >= 11 is 0. The number of alkyl halides is 3. The third-order valence-corrected chi connectivity index (χ3v) is 6.13. The van der Waals surface area contributed by atoms with Crippen molar-refractivity contribution in [1.29, 1.82) is 0 Å². The molecule has 7 nitrogen and oxygen atoms in total. The Balaban J connectivity index is 1.80. The van der Waals surface area contributed by atoms with E-state index in [2.05, 4.69) is 10.3 Å². The summed E-state index contributed by atoms with van der Waals surface area (Å²) in [6, 6.07) is 10.9. The monoisotopic (exact) mass is 441 g/mol. The third-order valence-electron chi connectivity index (χ3n) is 4.68. The van der Waals surface area contributed by atoms with E-state index < -0.39 is 37.8 Å². The molecule has 0 bridgehead atoms. The van der Waals surface area contributed by atoms with Gasteiger partial charge in [0.25, 0.3) is 15.7 Å². The standard InChI is InChI=1S/C19H18F3N3O4S/c20-19(21,22)30(28,29)17-15(9-4-10-23-17)18(27)25-11-5-6-13(12-25)16(26)24-14-7-2-1-3-8-14/h1-4,7-10,13H,5-6,11-12H2,(H,24,26). The molecule has 1 aliphatic rings. The van der Waals surface area contributed by atoms with Crippen molar-refractivity contribution < 1.29 is 31.2 Å². The number of hydrogen-bond donors (Lipinski definition) is 1. The van der Waals surface area contributed by atoms with Crippen LogP contribution >= 0.6 is 0 Å². The molecule has 1 saturated heterocycles. The molecule has 11 heteroatoms. The molecule has 0 radical (unpaired) electrons. The lowest BCUT2D eigenvalue weighted by Crippen LogP contribution is -2.44. The molecule has 1 unspecified atom stereocenters. The first-order valence-electron chi connectivity index (χ1n) is 9.03. The van der Waals surface area contributed by atoms with Gasteiger partial charge in [-0.3, -0.25) is 9.59 Å². The lowest BCUT2D eigenvalue weighted by Gasteiger charge is -2.32. The number of anilines is 1. The van der Waals surface area contributed by atoms with E-state index in [1.807, 2.05) is 0 Å². The zero-order valence-corrected chi connectivity index (χ0v) is 16.4. The summed E-state index contributed by atoms with van der Waals surface area (Å²) in [5.41, 5.74) is -5.67. The largest absolute Gasteiger partial charge is 0.503 e. The number of carbonyl (C=O) groups excluding carboxylic acids is 2. The van der Waals surface area contributed by atoms with Crippen molar-refractivity contribution in [3.8, 4) is 0 Å². The number of amides is 2. The number of pyridine rings is 1. The second-order valence-corrected chi connectivity index (χ2v) is 8.61. The van der Waals surface area contributed by atoms with Crippen molar-refractivity contribution in [3.05, 3.63) is 54.2 Å². The number of hydrogen-bond acceptors (Lipinski definition) is 5. The molecule has 1 N–H and O–H groups in total. The fourth-order valence-corrected chi connectivity index (χ4v) is 4.05. The minimum absolute atomic E-state index is 0.0437. The van der Waals surface area contributed by atoms with Gasteiger partial charge in [0.2, 0.25) is 5.91 Å². The number of benzene rings is 1. The van der Waals surface area contributed by atoms with Crippen LogP contribution in [-0.2, 0) is 14.6 Å². The Morgan fingerprint density at radius 3 is 2.47 bits per heavy atom. The summed E-state index contributed by atoms with van der Waals surface area (Å²) in [4.78, 5) is 29.9. The molecule has 1 atom stereocenters. The molecule has 3 rings (SSSR count). The number of carbonyl (C=O) groups is 2. The number of aromatic nitrogens is 1. The lowest BCUT2D eigenvalue weighted by molar-refractivity contribution is -0.121. The van der Waals surface area contributed by atoms with Crippen molar-refractivity contribution in [1.82, 2.24) is 9.88 Å². The molecule has 160 valence electrons. The Kier molecular flexibility index (Phi) is 6.11. The predicted octanol–water partition coefficient (Wildman–Crippen LogP) is 2.87. The number of para-hydroxylation sites is 1. The van der Waals surface area contributed by atoms with Gasteiger partial charge in [0, 0.05) is 25.0 Å². The molecule has 0 aliphatic carbocycles. The normalized spacial score (nSPS) is 17.4. The molecule has 2 amide bonds. The highest BCUT2D eigenvalue weighted by Crippen LogP contribution is 2.31. The fourth-order valence-electron chi connectivity index (χ4n) is 3.19. The smallest absolute Gasteiger partial charge is 0.338 e. The Morgan fingerprint density at radius 2 is 1.80 bits per heavy atom. The third kappa shape index (κ3) is 4.45. The highest BCUT2D eigenvalue weighted by molar-refractivity contribution is 7.92. The number of piperidine rings is 1. The van der Waals surface area contributed by atoms with E-state index in [0.717, 1.165) is 12.3 Å². The van der Waals surface area contributed by atoms with E-state index in [1.54, 1.807) is 30.3 Å². The molecule has 2 heterocycles. The minimum atomic E-state index is -5.80. The van der Waals surface area contributed by atoms with Crippen LogP contribution in [0.15, 0.2) is 53.7 Å². The topological polar surface area (TPSA) is 96.4 Å². The fraction of sp³-hybridized carbons (Fsp3) is 0.316. The molecule has 0 saturated carbocycles. The molecular formula is C19H18F3N3O4S. The number of nitrogens with one attached hydrogen (secondary N) is 1. The summed E-state index contributed by atoms with van der Waals surface area (Å²) in [5.74, 6) is -1.82. The molecule has 1 aliphatic heterocycles. The molecule has 1 aromatic heterocycles. The van der Waals surface area contributed by atoms with Crippen molar-refractivity contribution in [2.75, 3.05) is 18.4 Å². The predicted molar refractivity (Wildman–Crippen MR) is 101 cm³/mol. The van der Waals surface area contributed by atoms with E-state index in [9.17, 15) is 31.2 Å². The van der Waals surface area contributed by atoms with E-state index >= 15 is 0 Å². The van der Waals surface area contributed by atoms with Crippen molar-refractivity contribution in [3.63, 3.8) is 0 Å². The first-order valence-corrected chi connectivity index (χ1v) is 10.5. The first-order chi connectivity index (χ1) is 14.1. The lowest BCUT2D eigenvalue weighted by atomic mass is 9.96. The SMILES string of the molecule is O=C(Nc1ccccc1)C1CCCN(C(=O)c2cccnc2S(=O)(=O)C(F)(F)F)C1. The summed E-state index contributed by atoms with van der Waals surface area (Å²) < 4.78 is 62.6. The van der Waals surface area contributed by atoms with Gasteiger partial charge < -0.3 is 10.2 Å². The zero-order valence-electron chi connectivity index (χ0n) is 15.6. The maximum absolute atomic E-state index is 13.0. The number of rotatable bonds is 4. The Hall–Kier alpha value is -2.95. The molecule has 30 heavy (non-hydrogen) atoms. The highest BCUT2D eigenvalue weighted by atomic mass is 32.2. The van der Waals surface area contributed by atoms with E-state index in [4.69, 9.17) is 0 Å². The average molecular weight is 441 g/mol. The van der Waals surface area contributed by atoms with Gasteiger partial charge in [0.05, 0.1) is 11.5 Å². The van der Waals surface area contributed by atoms with E-state index in [-0.39, 0.29) is 19.0 Å². The minimum Gasteiger partial charge on any atom is -0.338 e. The molecule has 1 aromatic carbocycles. The van der Waals surface area contributed by atoms with Gasteiger partial charge in [-0.1, -0.05) is 18.2 Å². The second-order valence-electron chi connectivity index (χ2n) is 6.75. The number of sulfone groups is 1. The number of nitrogens with zero attached hydrogens (tertiary/aromatic N) is 2.